The summed E-state index contributed by atoms with van der Waals surface area (Å²) >= 11 is 12.0. The van der Waals surface area contributed by atoms with Gasteiger partial charge in [-0.2, -0.15) is 0 Å². The predicted octanol–water partition coefficient (Wildman–Crippen LogP) is 6.28. The number of rotatable bonds is 6. The molecule has 1 fully saturated rings. The second-order valence-corrected chi connectivity index (χ2v) is 8.61. The van der Waals surface area contributed by atoms with Crippen LogP contribution in [0, 0.1) is 0 Å². The van der Waals surface area contributed by atoms with Crippen LogP contribution in [-0.2, 0) is 0 Å². The first-order chi connectivity index (χ1) is 16.5. The number of benzene rings is 2. The summed E-state index contributed by atoms with van der Waals surface area (Å²) in [5, 5.41) is 14.9. The van der Waals surface area contributed by atoms with Gasteiger partial charge in [-0.25, -0.2) is 0 Å². The highest BCUT2D eigenvalue weighted by molar-refractivity contribution is 7.80. The number of thiocarbonyl (C=S) groups is 1. The molecule has 0 radical (unpaired) electrons. The number of nitrogens with zero attached hydrogens (tertiary/aromatic N) is 2. The van der Waals surface area contributed by atoms with Crippen molar-refractivity contribution >= 4 is 34.6 Å². The third kappa shape index (κ3) is 4.20. The second-order valence-electron chi connectivity index (χ2n) is 7.79. The fraction of sp³-hybridized carbons (Fsp3) is 0.154. The number of hydrogen-bond acceptors (Lipinski definition) is 5. The monoisotopic (exact) mass is 491 g/mol. The van der Waals surface area contributed by atoms with Crippen LogP contribution in [0.1, 0.15) is 30.5 Å². The number of pyridine rings is 1. The molecule has 172 valence electrons. The number of ether oxygens (including phenoxy) is 1. The first-order valence-corrected chi connectivity index (χ1v) is 11.7. The van der Waals surface area contributed by atoms with Gasteiger partial charge in [0.15, 0.2) is 5.11 Å². The van der Waals surface area contributed by atoms with Crippen molar-refractivity contribution in [3.05, 3.63) is 95.5 Å². The van der Waals surface area contributed by atoms with Crippen LogP contribution in [0.25, 0.3) is 11.3 Å². The number of hydrogen-bond donors (Lipinski definition) is 2. The van der Waals surface area contributed by atoms with Gasteiger partial charge in [0.25, 0.3) is 0 Å². The molecule has 1 saturated heterocycles. The van der Waals surface area contributed by atoms with Crippen molar-refractivity contribution in [2.45, 2.75) is 19.0 Å². The average Bonchev–Trinajstić information content (AvgIpc) is 3.46. The first kappa shape index (κ1) is 22.3. The molecule has 0 bridgehead atoms. The fourth-order valence-electron chi connectivity index (χ4n) is 4.14. The molecule has 1 aliphatic heterocycles. The van der Waals surface area contributed by atoms with Gasteiger partial charge in [0.05, 0.1) is 24.0 Å². The van der Waals surface area contributed by atoms with Crippen molar-refractivity contribution in [1.82, 2.24) is 10.3 Å². The van der Waals surface area contributed by atoms with E-state index in [1.807, 2.05) is 66.4 Å². The molecule has 5 rings (SSSR count). The first-order valence-electron chi connectivity index (χ1n) is 10.9. The number of aromatic hydroxyl groups is 1. The van der Waals surface area contributed by atoms with Gasteiger partial charge in [-0.3, -0.25) is 4.98 Å². The lowest BCUT2D eigenvalue weighted by atomic mass is 10.0. The van der Waals surface area contributed by atoms with Crippen LogP contribution >= 0.6 is 23.8 Å². The molecule has 34 heavy (non-hydrogen) atoms. The SMILES string of the molecule is CCOc1ccc(-c2ccc([C@H]3[C@H](c4ccccn4)NC(=S)N3c3cc(Cl)ccc3O)o2)cc1. The van der Waals surface area contributed by atoms with Gasteiger partial charge in [-0.1, -0.05) is 17.7 Å². The molecule has 2 N–H and O–H groups in total. The smallest absolute Gasteiger partial charge is 0.174 e. The number of halogens is 1. The molecule has 2 atom stereocenters. The topological polar surface area (TPSA) is 70.8 Å². The highest BCUT2D eigenvalue weighted by atomic mass is 35.5. The predicted molar refractivity (Wildman–Crippen MR) is 136 cm³/mol. The van der Waals surface area contributed by atoms with Crippen LogP contribution in [0.2, 0.25) is 5.02 Å². The van der Waals surface area contributed by atoms with E-state index in [4.69, 9.17) is 33.0 Å². The fourth-order valence-corrected chi connectivity index (χ4v) is 4.65. The third-order valence-corrected chi connectivity index (χ3v) is 6.21. The molecule has 4 aromatic rings. The van der Waals surface area contributed by atoms with E-state index in [1.165, 1.54) is 0 Å². The molecular weight excluding hydrogens is 470 g/mol. The van der Waals surface area contributed by atoms with Gasteiger partial charge < -0.3 is 24.5 Å². The molecule has 0 aliphatic carbocycles. The van der Waals surface area contributed by atoms with Gasteiger partial charge in [-0.05, 0) is 85.9 Å². The largest absolute Gasteiger partial charge is 0.506 e. The number of phenols is 1. The Labute approximate surface area is 207 Å². The van der Waals surface area contributed by atoms with Crippen molar-refractivity contribution in [2.75, 3.05) is 11.5 Å². The van der Waals surface area contributed by atoms with Gasteiger partial charge in [0.2, 0.25) is 0 Å². The van der Waals surface area contributed by atoms with E-state index < -0.39 is 6.04 Å². The van der Waals surface area contributed by atoms with E-state index in [-0.39, 0.29) is 11.8 Å². The third-order valence-electron chi connectivity index (χ3n) is 5.66. The van der Waals surface area contributed by atoms with E-state index in [0.29, 0.717) is 33.9 Å². The zero-order valence-electron chi connectivity index (χ0n) is 18.3. The van der Waals surface area contributed by atoms with Crippen molar-refractivity contribution in [3.8, 4) is 22.8 Å². The van der Waals surface area contributed by atoms with Gasteiger partial charge in [-0.15, -0.1) is 0 Å². The summed E-state index contributed by atoms with van der Waals surface area (Å²) in [6.45, 7) is 2.56. The summed E-state index contributed by atoms with van der Waals surface area (Å²) in [4.78, 5) is 6.37. The summed E-state index contributed by atoms with van der Waals surface area (Å²) in [7, 11) is 0. The minimum absolute atomic E-state index is 0.0681. The zero-order valence-corrected chi connectivity index (χ0v) is 19.9. The van der Waals surface area contributed by atoms with E-state index >= 15 is 0 Å². The molecule has 0 saturated carbocycles. The summed E-state index contributed by atoms with van der Waals surface area (Å²) in [6, 6.07) is 21.5. The molecule has 0 spiro atoms. The zero-order chi connectivity index (χ0) is 23.7. The molecule has 6 nitrogen and oxygen atoms in total. The van der Waals surface area contributed by atoms with Crippen molar-refractivity contribution in [2.24, 2.45) is 0 Å². The van der Waals surface area contributed by atoms with Crippen LogP contribution in [0.4, 0.5) is 5.69 Å². The lowest BCUT2D eigenvalue weighted by Gasteiger charge is -2.26. The minimum atomic E-state index is -0.400. The normalized spacial score (nSPS) is 17.6. The Morgan fingerprint density at radius 2 is 1.94 bits per heavy atom. The Kier molecular flexibility index (Phi) is 6.13. The Bertz CT molecular complexity index is 1310. The number of anilines is 1. The molecule has 0 unspecified atom stereocenters. The van der Waals surface area contributed by atoms with E-state index in [1.54, 1.807) is 24.4 Å². The van der Waals surface area contributed by atoms with Crippen LogP contribution in [0.3, 0.4) is 0 Å². The highest BCUT2D eigenvalue weighted by Crippen LogP contribution is 2.45. The Hall–Kier alpha value is -3.55. The summed E-state index contributed by atoms with van der Waals surface area (Å²) in [5.41, 5.74) is 2.22. The van der Waals surface area contributed by atoms with E-state index in [2.05, 4.69) is 10.3 Å². The van der Waals surface area contributed by atoms with Crippen LogP contribution in [0.15, 0.2) is 83.4 Å². The summed E-state index contributed by atoms with van der Waals surface area (Å²) in [6.07, 6.45) is 1.74. The highest BCUT2D eigenvalue weighted by Gasteiger charge is 2.43. The van der Waals surface area contributed by atoms with Crippen LogP contribution in [-0.4, -0.2) is 21.8 Å². The maximum atomic E-state index is 10.6. The maximum absolute atomic E-state index is 10.6. The van der Waals surface area contributed by atoms with Crippen molar-refractivity contribution in [1.29, 1.82) is 0 Å². The number of nitrogens with one attached hydrogen (secondary N) is 1. The Morgan fingerprint density at radius 1 is 1.12 bits per heavy atom. The van der Waals surface area contributed by atoms with Crippen molar-refractivity contribution in [3.63, 3.8) is 0 Å². The molecule has 1 aliphatic rings. The molecule has 2 aromatic carbocycles. The van der Waals surface area contributed by atoms with Gasteiger partial charge >= 0.3 is 0 Å². The van der Waals surface area contributed by atoms with Gasteiger partial charge in [0.1, 0.15) is 29.1 Å². The number of furan rings is 1. The van der Waals surface area contributed by atoms with Crippen LogP contribution in [0.5, 0.6) is 11.5 Å². The average molecular weight is 492 g/mol. The van der Waals surface area contributed by atoms with Crippen molar-refractivity contribution < 1.29 is 14.3 Å². The Morgan fingerprint density at radius 3 is 2.68 bits per heavy atom. The quantitative estimate of drug-likeness (QED) is 0.308. The van der Waals surface area contributed by atoms with E-state index in [0.717, 1.165) is 17.0 Å². The lowest BCUT2D eigenvalue weighted by molar-refractivity contribution is 0.340. The number of phenolic OH excluding ortho intramolecular Hbond substituents is 1. The van der Waals surface area contributed by atoms with E-state index in [9.17, 15) is 5.11 Å². The maximum Gasteiger partial charge on any atom is 0.174 e. The molecule has 0 amide bonds. The lowest BCUT2D eigenvalue weighted by Crippen LogP contribution is -2.29. The molecule has 2 aromatic heterocycles. The summed E-state index contributed by atoms with van der Waals surface area (Å²) < 4.78 is 11.9. The second kappa shape index (κ2) is 9.37. The van der Waals surface area contributed by atoms with Gasteiger partial charge in [0, 0.05) is 16.8 Å². The molecule has 8 heteroatoms. The number of aromatic nitrogens is 1. The Balaban J connectivity index is 1.57. The standard InChI is InChI=1S/C26H22ClN3O3S/c1-2-32-18-9-6-16(7-10-18)22-12-13-23(33-22)25-24(19-5-3-4-14-28-19)29-26(34)30(25)20-15-17(27)8-11-21(20)31/h3-15,24-25,31H,2H2,1H3,(H,29,34)/t24-,25-/m0/s1. The summed E-state index contributed by atoms with van der Waals surface area (Å²) in [5.74, 6) is 2.26. The minimum Gasteiger partial charge on any atom is -0.506 e. The molecule has 3 heterocycles. The van der Waals surface area contributed by atoms with Crippen LogP contribution < -0.4 is 15.0 Å². The molecular formula is C26H22ClN3O3S.